The van der Waals surface area contributed by atoms with Crippen LogP contribution in [0.3, 0.4) is 0 Å². The molecule has 222 valence electrons. The zero-order valence-electron chi connectivity index (χ0n) is 25.9. The van der Waals surface area contributed by atoms with Gasteiger partial charge in [0.05, 0.1) is 27.9 Å². The van der Waals surface area contributed by atoms with E-state index < -0.39 is 5.41 Å². The highest BCUT2D eigenvalue weighted by Crippen LogP contribution is 2.55. The Morgan fingerprint density at radius 3 is 2.28 bits per heavy atom. The Bertz CT molecular complexity index is 2740. The molecule has 0 atom stereocenters. The molecule has 5 heterocycles. The predicted molar refractivity (Wildman–Crippen MR) is 191 cm³/mol. The second-order valence-electron chi connectivity index (χ2n) is 12.9. The third-order valence-electron chi connectivity index (χ3n) is 9.83. The SMILES string of the molecule is CC1(C)c2ncccc2Oc2c1c1ccccc1c1c3ccccc3n(-c3cc4ccc5ccc(-c6ccccc6)nc5c4cn3)c21. The molecule has 10 rings (SSSR count). The highest BCUT2D eigenvalue weighted by Gasteiger charge is 2.39. The zero-order chi connectivity index (χ0) is 31.3. The van der Waals surface area contributed by atoms with E-state index in [4.69, 9.17) is 19.7 Å². The number of pyridine rings is 3. The van der Waals surface area contributed by atoms with E-state index in [1.807, 2.05) is 42.7 Å². The van der Waals surface area contributed by atoms with Gasteiger partial charge in [0.25, 0.3) is 0 Å². The van der Waals surface area contributed by atoms with E-state index in [1.54, 1.807) is 0 Å². The Morgan fingerprint density at radius 2 is 1.40 bits per heavy atom. The smallest absolute Gasteiger partial charge is 0.156 e. The first-order valence-corrected chi connectivity index (χ1v) is 15.9. The lowest BCUT2D eigenvalue weighted by Crippen LogP contribution is -2.26. The molecular formula is C42H28N4O. The first kappa shape index (κ1) is 26.2. The average molecular weight is 605 g/mol. The second kappa shape index (κ2) is 9.47. The van der Waals surface area contributed by atoms with Crippen LogP contribution in [0.4, 0.5) is 0 Å². The van der Waals surface area contributed by atoms with E-state index in [0.717, 1.165) is 83.3 Å². The van der Waals surface area contributed by atoms with Crippen molar-refractivity contribution in [3.8, 4) is 28.6 Å². The maximum absolute atomic E-state index is 6.91. The average Bonchev–Trinajstić information content (AvgIpc) is 3.47. The summed E-state index contributed by atoms with van der Waals surface area (Å²) < 4.78 is 9.19. The van der Waals surface area contributed by atoms with Gasteiger partial charge in [0.1, 0.15) is 11.6 Å². The molecular weight excluding hydrogens is 576 g/mol. The minimum absolute atomic E-state index is 0.392. The summed E-state index contributed by atoms with van der Waals surface area (Å²) >= 11 is 0. The van der Waals surface area contributed by atoms with Gasteiger partial charge < -0.3 is 4.74 Å². The van der Waals surface area contributed by atoms with Crippen molar-refractivity contribution < 1.29 is 4.74 Å². The van der Waals surface area contributed by atoms with Crippen molar-refractivity contribution >= 4 is 54.3 Å². The summed E-state index contributed by atoms with van der Waals surface area (Å²) in [6, 6.07) is 42.3. The number of fused-ring (bicyclic) bond motifs is 12. The zero-order valence-corrected chi connectivity index (χ0v) is 25.9. The van der Waals surface area contributed by atoms with E-state index in [-0.39, 0.29) is 0 Å². The maximum atomic E-state index is 6.91. The number of benzene rings is 5. The van der Waals surface area contributed by atoms with Gasteiger partial charge in [-0.2, -0.15) is 0 Å². The van der Waals surface area contributed by atoms with Crippen molar-refractivity contribution in [1.29, 1.82) is 0 Å². The molecule has 0 saturated heterocycles. The summed E-state index contributed by atoms with van der Waals surface area (Å²) in [4.78, 5) is 15.1. The molecule has 1 aliphatic heterocycles. The highest BCUT2D eigenvalue weighted by atomic mass is 16.5. The van der Waals surface area contributed by atoms with Gasteiger partial charge >= 0.3 is 0 Å². The van der Waals surface area contributed by atoms with Gasteiger partial charge in [-0.3, -0.25) is 9.55 Å². The van der Waals surface area contributed by atoms with Crippen LogP contribution in [-0.4, -0.2) is 19.5 Å². The molecule has 1 aliphatic rings. The fraction of sp³-hybridized carbons (Fsp3) is 0.0714. The van der Waals surface area contributed by atoms with Crippen LogP contribution < -0.4 is 4.74 Å². The van der Waals surface area contributed by atoms with Gasteiger partial charge in [0.15, 0.2) is 5.75 Å². The molecule has 9 aromatic rings. The molecule has 0 aliphatic carbocycles. The van der Waals surface area contributed by atoms with Gasteiger partial charge in [-0.1, -0.05) is 91.0 Å². The summed E-state index contributed by atoms with van der Waals surface area (Å²) in [5, 5.41) is 7.88. The largest absolute Gasteiger partial charge is 0.453 e. The molecule has 47 heavy (non-hydrogen) atoms. The topological polar surface area (TPSA) is 52.8 Å². The molecule has 0 bridgehead atoms. The number of aromatic nitrogens is 4. The Balaban J connectivity index is 1.30. The lowest BCUT2D eigenvalue weighted by Gasteiger charge is -2.35. The van der Waals surface area contributed by atoms with Crippen molar-refractivity contribution in [2.24, 2.45) is 0 Å². The standard InChI is InChI=1S/C42H28N4O/c1-42(2)37-29-14-7-6-13-28(29)36-30-15-8-9-16-33(30)46(39(36)40(37)47-34-17-10-22-43-41(34)42)35-23-27-19-18-26-20-21-32(25-11-4-3-5-12-25)45-38(26)31(27)24-44-35/h3-24H,1-2H3. The van der Waals surface area contributed by atoms with E-state index in [9.17, 15) is 0 Å². The van der Waals surface area contributed by atoms with Crippen LogP contribution in [0.1, 0.15) is 25.1 Å². The molecule has 5 aromatic carbocycles. The fourth-order valence-electron chi connectivity index (χ4n) is 7.70. The van der Waals surface area contributed by atoms with Crippen LogP contribution in [0.2, 0.25) is 0 Å². The van der Waals surface area contributed by atoms with Gasteiger partial charge in [-0.15, -0.1) is 0 Å². The minimum Gasteiger partial charge on any atom is -0.453 e. The third-order valence-corrected chi connectivity index (χ3v) is 9.83. The van der Waals surface area contributed by atoms with Crippen LogP contribution in [-0.2, 0) is 5.41 Å². The fourth-order valence-corrected chi connectivity index (χ4v) is 7.70. The van der Waals surface area contributed by atoms with Crippen LogP contribution >= 0.6 is 0 Å². The molecule has 4 aromatic heterocycles. The molecule has 0 N–H and O–H groups in total. The molecule has 0 spiro atoms. The highest BCUT2D eigenvalue weighted by molar-refractivity contribution is 6.24. The lowest BCUT2D eigenvalue weighted by atomic mass is 9.75. The molecule has 0 unspecified atom stereocenters. The molecule has 5 nitrogen and oxygen atoms in total. The quantitative estimate of drug-likeness (QED) is 0.184. The first-order valence-electron chi connectivity index (χ1n) is 15.9. The number of nitrogens with zero attached hydrogens (tertiary/aromatic N) is 4. The minimum atomic E-state index is -0.392. The van der Waals surface area contributed by atoms with E-state index in [0.29, 0.717) is 0 Å². The summed E-state index contributed by atoms with van der Waals surface area (Å²) in [6.07, 6.45) is 3.83. The normalized spacial score (nSPS) is 13.7. The van der Waals surface area contributed by atoms with Crippen molar-refractivity contribution in [2.75, 3.05) is 0 Å². The van der Waals surface area contributed by atoms with Crippen LogP contribution in [0.25, 0.3) is 71.3 Å². The molecule has 0 radical (unpaired) electrons. The van der Waals surface area contributed by atoms with E-state index >= 15 is 0 Å². The number of hydrogen-bond acceptors (Lipinski definition) is 4. The van der Waals surface area contributed by atoms with Gasteiger partial charge in [-0.05, 0) is 60.3 Å². The summed E-state index contributed by atoms with van der Waals surface area (Å²) in [5.74, 6) is 2.48. The van der Waals surface area contributed by atoms with E-state index in [1.165, 1.54) is 10.8 Å². The maximum Gasteiger partial charge on any atom is 0.156 e. The van der Waals surface area contributed by atoms with Gasteiger partial charge in [0, 0.05) is 50.5 Å². The number of para-hydroxylation sites is 1. The Kier molecular flexibility index (Phi) is 5.28. The number of ether oxygens (including phenoxy) is 1. The predicted octanol–water partition coefficient (Wildman–Crippen LogP) is 10.5. The lowest BCUT2D eigenvalue weighted by molar-refractivity contribution is 0.415. The number of rotatable bonds is 2. The molecule has 0 saturated carbocycles. The molecule has 5 heteroatoms. The van der Waals surface area contributed by atoms with Crippen molar-refractivity contribution in [3.05, 3.63) is 145 Å². The summed E-state index contributed by atoms with van der Waals surface area (Å²) in [7, 11) is 0. The van der Waals surface area contributed by atoms with Gasteiger partial charge in [-0.25, -0.2) is 9.97 Å². The first-order chi connectivity index (χ1) is 23.1. The Labute approximate surface area is 270 Å². The van der Waals surface area contributed by atoms with Crippen LogP contribution in [0.15, 0.2) is 134 Å². The van der Waals surface area contributed by atoms with E-state index in [2.05, 4.69) is 109 Å². The molecule has 0 amide bonds. The van der Waals surface area contributed by atoms with Crippen molar-refractivity contribution in [2.45, 2.75) is 19.3 Å². The number of hydrogen-bond donors (Lipinski definition) is 0. The van der Waals surface area contributed by atoms with Crippen LogP contribution in [0.5, 0.6) is 11.5 Å². The van der Waals surface area contributed by atoms with Crippen molar-refractivity contribution in [1.82, 2.24) is 19.5 Å². The summed E-state index contributed by atoms with van der Waals surface area (Å²) in [5.41, 5.74) is 6.77. The van der Waals surface area contributed by atoms with Crippen molar-refractivity contribution in [3.63, 3.8) is 0 Å². The van der Waals surface area contributed by atoms with Gasteiger partial charge in [0.2, 0.25) is 0 Å². The summed E-state index contributed by atoms with van der Waals surface area (Å²) in [6.45, 7) is 4.50. The van der Waals surface area contributed by atoms with Crippen LogP contribution in [0, 0.1) is 0 Å². The Hall–Kier alpha value is -6.07. The molecule has 0 fully saturated rings. The monoisotopic (exact) mass is 604 g/mol. The Morgan fingerprint density at radius 1 is 0.660 bits per heavy atom. The second-order valence-corrected chi connectivity index (χ2v) is 12.9. The third kappa shape index (κ3) is 3.62.